The molecule has 3 heterocycles. The Bertz CT molecular complexity index is 1010. The Labute approximate surface area is 187 Å². The molecule has 7 nitrogen and oxygen atoms in total. The maximum Gasteiger partial charge on any atom is 0.280 e. The standard InChI is InChI=1S/C23H31N5O2S/c1-16(2)28-9-6-19(25-28)22(29)27(8-5-7-26-10-12-30-13-11-26)23-24-20-14-17(3)18(4)15-21(20)31-23/h6,9,14-16H,5,7-8,10-13H2,1-4H3. The number of morpholine rings is 1. The number of rotatable bonds is 7. The summed E-state index contributed by atoms with van der Waals surface area (Å²) in [5.74, 6) is -0.0890. The van der Waals surface area contributed by atoms with Crippen molar-refractivity contribution in [1.82, 2.24) is 19.7 Å². The SMILES string of the molecule is Cc1cc2nc(N(CCCN3CCOCC3)C(=O)c3ccn(C(C)C)n3)sc2cc1C. The molecule has 4 rings (SSSR count). The van der Waals surface area contributed by atoms with Crippen LogP contribution in [0, 0.1) is 13.8 Å². The zero-order valence-corrected chi connectivity index (χ0v) is 19.6. The number of aryl methyl sites for hydroxylation is 2. The minimum atomic E-state index is -0.0890. The van der Waals surface area contributed by atoms with Gasteiger partial charge in [-0.25, -0.2) is 4.98 Å². The van der Waals surface area contributed by atoms with Crippen LogP contribution in [0.25, 0.3) is 10.2 Å². The minimum absolute atomic E-state index is 0.0890. The molecule has 0 N–H and O–H groups in total. The zero-order valence-electron chi connectivity index (χ0n) is 18.8. The molecule has 1 saturated heterocycles. The quantitative estimate of drug-likeness (QED) is 0.553. The molecule has 2 aromatic heterocycles. The van der Waals surface area contributed by atoms with E-state index in [1.807, 2.05) is 15.8 Å². The number of aromatic nitrogens is 3. The van der Waals surface area contributed by atoms with Crippen LogP contribution in [0.2, 0.25) is 0 Å². The highest BCUT2D eigenvalue weighted by atomic mass is 32.1. The van der Waals surface area contributed by atoms with Crippen LogP contribution in [-0.4, -0.2) is 65.0 Å². The molecule has 1 fully saturated rings. The fourth-order valence-electron chi connectivity index (χ4n) is 3.72. The monoisotopic (exact) mass is 441 g/mol. The number of carbonyl (C=O) groups excluding carboxylic acids is 1. The third-order valence-corrected chi connectivity index (χ3v) is 6.83. The molecule has 1 aromatic carbocycles. The van der Waals surface area contributed by atoms with Crippen molar-refractivity contribution in [2.24, 2.45) is 0 Å². The summed E-state index contributed by atoms with van der Waals surface area (Å²) < 4.78 is 8.37. The first-order valence-electron chi connectivity index (χ1n) is 11.0. The lowest BCUT2D eigenvalue weighted by Gasteiger charge is -2.27. The Morgan fingerprint density at radius 3 is 2.68 bits per heavy atom. The van der Waals surface area contributed by atoms with E-state index in [0.717, 1.165) is 54.6 Å². The van der Waals surface area contributed by atoms with Crippen LogP contribution < -0.4 is 4.90 Å². The van der Waals surface area contributed by atoms with Crippen molar-refractivity contribution in [2.75, 3.05) is 44.3 Å². The van der Waals surface area contributed by atoms with E-state index in [-0.39, 0.29) is 11.9 Å². The highest BCUT2D eigenvalue weighted by molar-refractivity contribution is 7.22. The lowest BCUT2D eigenvalue weighted by molar-refractivity contribution is 0.0376. The van der Waals surface area contributed by atoms with E-state index in [0.29, 0.717) is 12.2 Å². The third-order valence-electron chi connectivity index (χ3n) is 5.78. The van der Waals surface area contributed by atoms with E-state index in [9.17, 15) is 4.79 Å². The van der Waals surface area contributed by atoms with Gasteiger partial charge in [-0.1, -0.05) is 11.3 Å². The molecule has 8 heteroatoms. The normalized spacial score (nSPS) is 15.1. The van der Waals surface area contributed by atoms with Crippen molar-refractivity contribution in [3.8, 4) is 0 Å². The number of ether oxygens (including phenoxy) is 1. The number of hydrogen-bond acceptors (Lipinski definition) is 6. The van der Waals surface area contributed by atoms with E-state index in [4.69, 9.17) is 9.72 Å². The van der Waals surface area contributed by atoms with Crippen LogP contribution in [-0.2, 0) is 4.74 Å². The average Bonchev–Trinajstić information content (AvgIpc) is 3.39. The van der Waals surface area contributed by atoms with Gasteiger partial charge in [0.25, 0.3) is 5.91 Å². The molecule has 0 aliphatic carbocycles. The highest BCUT2D eigenvalue weighted by Crippen LogP contribution is 2.31. The summed E-state index contributed by atoms with van der Waals surface area (Å²) in [6, 6.07) is 6.29. The largest absolute Gasteiger partial charge is 0.379 e. The molecule has 0 saturated carbocycles. The smallest absolute Gasteiger partial charge is 0.280 e. The molecule has 0 bridgehead atoms. The van der Waals surface area contributed by atoms with Gasteiger partial charge in [0.05, 0.1) is 23.4 Å². The number of benzene rings is 1. The van der Waals surface area contributed by atoms with Gasteiger partial charge in [0, 0.05) is 38.4 Å². The Balaban J connectivity index is 1.58. The second-order valence-corrected chi connectivity index (χ2v) is 9.45. The number of fused-ring (bicyclic) bond motifs is 1. The lowest BCUT2D eigenvalue weighted by atomic mass is 10.1. The zero-order chi connectivity index (χ0) is 22.0. The van der Waals surface area contributed by atoms with Gasteiger partial charge in [0.2, 0.25) is 0 Å². The summed E-state index contributed by atoms with van der Waals surface area (Å²) >= 11 is 1.58. The number of thiazole rings is 1. The van der Waals surface area contributed by atoms with Crippen LogP contribution in [0.4, 0.5) is 5.13 Å². The summed E-state index contributed by atoms with van der Waals surface area (Å²) in [5.41, 5.74) is 3.86. The van der Waals surface area contributed by atoms with Crippen molar-refractivity contribution >= 4 is 32.6 Å². The van der Waals surface area contributed by atoms with Crippen molar-refractivity contribution < 1.29 is 9.53 Å². The fourth-order valence-corrected chi connectivity index (χ4v) is 4.79. The molecule has 1 aliphatic heterocycles. The van der Waals surface area contributed by atoms with Gasteiger partial charge in [-0.3, -0.25) is 19.3 Å². The van der Waals surface area contributed by atoms with Crippen LogP contribution in [0.3, 0.4) is 0 Å². The molecule has 0 radical (unpaired) electrons. The molecule has 1 aliphatic rings. The topological polar surface area (TPSA) is 63.5 Å². The summed E-state index contributed by atoms with van der Waals surface area (Å²) in [7, 11) is 0. The number of amides is 1. The second-order valence-electron chi connectivity index (χ2n) is 8.44. The second kappa shape index (κ2) is 9.46. The predicted octanol–water partition coefficient (Wildman–Crippen LogP) is 4.06. The van der Waals surface area contributed by atoms with E-state index in [1.165, 1.54) is 11.1 Å². The van der Waals surface area contributed by atoms with E-state index in [2.05, 4.69) is 49.8 Å². The van der Waals surface area contributed by atoms with Gasteiger partial charge < -0.3 is 4.74 Å². The highest BCUT2D eigenvalue weighted by Gasteiger charge is 2.24. The van der Waals surface area contributed by atoms with Crippen LogP contribution in [0.5, 0.6) is 0 Å². The maximum absolute atomic E-state index is 13.5. The Hall–Kier alpha value is -2.29. The summed E-state index contributed by atoms with van der Waals surface area (Å²) in [4.78, 5) is 22.5. The van der Waals surface area contributed by atoms with E-state index < -0.39 is 0 Å². The van der Waals surface area contributed by atoms with Crippen molar-refractivity contribution in [3.63, 3.8) is 0 Å². The van der Waals surface area contributed by atoms with E-state index >= 15 is 0 Å². The van der Waals surface area contributed by atoms with Crippen molar-refractivity contribution in [2.45, 2.75) is 40.2 Å². The average molecular weight is 442 g/mol. The van der Waals surface area contributed by atoms with Crippen LogP contribution in [0.15, 0.2) is 24.4 Å². The number of hydrogen-bond donors (Lipinski definition) is 0. The molecule has 0 unspecified atom stereocenters. The van der Waals surface area contributed by atoms with Gasteiger partial charge in [0.1, 0.15) is 0 Å². The van der Waals surface area contributed by atoms with Crippen molar-refractivity contribution in [1.29, 1.82) is 0 Å². The van der Waals surface area contributed by atoms with E-state index in [1.54, 1.807) is 17.4 Å². The predicted molar refractivity (Wildman–Crippen MR) is 125 cm³/mol. The number of nitrogens with zero attached hydrogens (tertiary/aromatic N) is 5. The summed E-state index contributed by atoms with van der Waals surface area (Å²) in [6.45, 7) is 13.3. The summed E-state index contributed by atoms with van der Waals surface area (Å²) in [6.07, 6.45) is 2.75. The fraction of sp³-hybridized carbons (Fsp3) is 0.522. The van der Waals surface area contributed by atoms with Crippen LogP contribution in [0.1, 0.15) is 47.9 Å². The van der Waals surface area contributed by atoms with Gasteiger partial charge in [-0.15, -0.1) is 0 Å². The maximum atomic E-state index is 13.5. The first kappa shape index (κ1) is 21.9. The first-order valence-corrected chi connectivity index (χ1v) is 11.8. The third kappa shape index (κ3) is 4.97. The Morgan fingerprint density at radius 2 is 1.97 bits per heavy atom. The molecule has 31 heavy (non-hydrogen) atoms. The van der Waals surface area contributed by atoms with Gasteiger partial charge in [-0.2, -0.15) is 5.10 Å². The molecular formula is C23H31N5O2S. The minimum Gasteiger partial charge on any atom is -0.379 e. The molecule has 166 valence electrons. The number of anilines is 1. The molecule has 3 aromatic rings. The van der Waals surface area contributed by atoms with Gasteiger partial charge in [0.15, 0.2) is 10.8 Å². The Morgan fingerprint density at radius 1 is 1.23 bits per heavy atom. The molecular weight excluding hydrogens is 410 g/mol. The molecule has 0 spiro atoms. The van der Waals surface area contributed by atoms with Gasteiger partial charge in [-0.05, 0) is 63.4 Å². The summed E-state index contributed by atoms with van der Waals surface area (Å²) in [5, 5.41) is 5.25. The van der Waals surface area contributed by atoms with Crippen molar-refractivity contribution in [3.05, 3.63) is 41.2 Å². The number of carbonyl (C=O) groups is 1. The molecule has 1 amide bonds. The van der Waals surface area contributed by atoms with Gasteiger partial charge >= 0.3 is 0 Å². The lowest BCUT2D eigenvalue weighted by Crippen LogP contribution is -2.39. The Kier molecular flexibility index (Phi) is 6.69. The molecule has 0 atom stereocenters. The van der Waals surface area contributed by atoms with Crippen LogP contribution >= 0.6 is 11.3 Å². The first-order chi connectivity index (χ1) is 14.9.